The molecule has 0 saturated carbocycles. The van der Waals surface area contributed by atoms with E-state index >= 15 is 0 Å². The summed E-state index contributed by atoms with van der Waals surface area (Å²) in [4.78, 5) is 7.78. The van der Waals surface area contributed by atoms with Crippen molar-refractivity contribution in [2.45, 2.75) is 32.5 Å². The minimum Gasteiger partial charge on any atom is -0.368 e. The highest BCUT2D eigenvalue weighted by Crippen LogP contribution is 2.33. The number of rotatable bonds is 4. The molecule has 0 bridgehead atoms. The lowest BCUT2D eigenvalue weighted by Gasteiger charge is -2.23. The summed E-state index contributed by atoms with van der Waals surface area (Å²) in [6, 6.07) is 2.27. The highest BCUT2D eigenvalue weighted by molar-refractivity contribution is 14.0. The van der Waals surface area contributed by atoms with Crippen LogP contribution in [0.3, 0.4) is 0 Å². The number of nitrogens with one attached hydrogen (secondary N) is 3. The quantitative estimate of drug-likeness (QED) is 0.289. The molecule has 23 heavy (non-hydrogen) atoms. The van der Waals surface area contributed by atoms with E-state index in [1.54, 1.807) is 7.05 Å². The molecule has 0 aliphatic carbocycles. The molecule has 5 nitrogen and oxygen atoms in total. The lowest BCUT2D eigenvalue weighted by molar-refractivity contribution is -0.137. The highest BCUT2D eigenvalue weighted by atomic mass is 127. The van der Waals surface area contributed by atoms with Gasteiger partial charge in [-0.1, -0.05) is 0 Å². The summed E-state index contributed by atoms with van der Waals surface area (Å²) in [5, 5.41) is 8.86. The first-order valence-corrected chi connectivity index (χ1v) is 6.88. The van der Waals surface area contributed by atoms with Gasteiger partial charge in [-0.05, 0) is 32.9 Å². The van der Waals surface area contributed by atoms with Crippen LogP contribution < -0.4 is 16.0 Å². The lowest BCUT2D eigenvalue weighted by Crippen LogP contribution is -2.48. The molecule has 0 aliphatic heterocycles. The van der Waals surface area contributed by atoms with E-state index in [4.69, 9.17) is 0 Å². The number of anilines is 1. The van der Waals surface area contributed by atoms with E-state index in [1.807, 2.05) is 20.8 Å². The zero-order valence-electron chi connectivity index (χ0n) is 13.6. The van der Waals surface area contributed by atoms with Crippen molar-refractivity contribution < 1.29 is 13.2 Å². The SMILES string of the molecule is CN=C(NCCNc1ncccc1C(F)(F)F)NC(C)(C)C.I. The lowest BCUT2D eigenvalue weighted by atomic mass is 10.1. The Morgan fingerprint density at radius 2 is 1.87 bits per heavy atom. The average molecular weight is 445 g/mol. The molecule has 1 aromatic rings. The zero-order valence-corrected chi connectivity index (χ0v) is 15.9. The van der Waals surface area contributed by atoms with Gasteiger partial charge in [-0.15, -0.1) is 24.0 Å². The molecule has 132 valence electrons. The van der Waals surface area contributed by atoms with Gasteiger partial charge in [0.05, 0.1) is 5.56 Å². The van der Waals surface area contributed by atoms with Crippen molar-refractivity contribution in [1.82, 2.24) is 15.6 Å². The van der Waals surface area contributed by atoms with Crippen LogP contribution in [0.4, 0.5) is 19.0 Å². The highest BCUT2D eigenvalue weighted by Gasteiger charge is 2.33. The van der Waals surface area contributed by atoms with Crippen molar-refractivity contribution in [3.63, 3.8) is 0 Å². The molecule has 0 aliphatic rings. The van der Waals surface area contributed by atoms with Crippen LogP contribution in [0.5, 0.6) is 0 Å². The predicted molar refractivity (Wildman–Crippen MR) is 97.4 cm³/mol. The Hall–Kier alpha value is -1.26. The molecule has 0 amide bonds. The maximum Gasteiger partial charge on any atom is 0.419 e. The van der Waals surface area contributed by atoms with Crippen molar-refractivity contribution in [3.8, 4) is 0 Å². The third-order valence-corrected chi connectivity index (χ3v) is 2.54. The van der Waals surface area contributed by atoms with Crippen LogP contribution in [0, 0.1) is 0 Å². The van der Waals surface area contributed by atoms with E-state index in [2.05, 4.69) is 25.9 Å². The molecule has 3 N–H and O–H groups in total. The van der Waals surface area contributed by atoms with Gasteiger partial charge in [0.25, 0.3) is 0 Å². The topological polar surface area (TPSA) is 61.3 Å². The molecule has 9 heteroatoms. The first-order chi connectivity index (χ1) is 10.1. The van der Waals surface area contributed by atoms with Crippen LogP contribution in [0.1, 0.15) is 26.3 Å². The second-order valence-corrected chi connectivity index (χ2v) is 5.70. The van der Waals surface area contributed by atoms with Gasteiger partial charge in [0.2, 0.25) is 0 Å². The largest absolute Gasteiger partial charge is 0.419 e. The van der Waals surface area contributed by atoms with Crippen LogP contribution >= 0.6 is 24.0 Å². The van der Waals surface area contributed by atoms with Crippen LogP contribution in [0.15, 0.2) is 23.3 Å². The molecule has 1 heterocycles. The molecule has 0 aromatic carbocycles. The number of hydrogen-bond acceptors (Lipinski definition) is 3. The van der Waals surface area contributed by atoms with Crippen LogP contribution in [-0.2, 0) is 6.18 Å². The van der Waals surface area contributed by atoms with Gasteiger partial charge in [-0.3, -0.25) is 4.99 Å². The molecule has 0 atom stereocenters. The molecule has 0 fully saturated rings. The Morgan fingerprint density at radius 3 is 2.39 bits per heavy atom. The fraction of sp³-hybridized carbons (Fsp3) is 0.571. The summed E-state index contributed by atoms with van der Waals surface area (Å²) in [7, 11) is 1.63. The summed E-state index contributed by atoms with van der Waals surface area (Å²) in [6.45, 7) is 6.65. The molecular formula is C14H23F3IN5. The first kappa shape index (κ1) is 21.7. The smallest absolute Gasteiger partial charge is 0.368 e. The number of halogens is 4. The van der Waals surface area contributed by atoms with Gasteiger partial charge in [-0.25, -0.2) is 4.98 Å². The van der Waals surface area contributed by atoms with Gasteiger partial charge in [0, 0.05) is 31.9 Å². The monoisotopic (exact) mass is 445 g/mol. The maximum atomic E-state index is 12.8. The Balaban J connectivity index is 0.00000484. The number of pyridine rings is 1. The molecular weight excluding hydrogens is 422 g/mol. The van der Waals surface area contributed by atoms with E-state index in [0.717, 1.165) is 6.07 Å². The molecule has 1 aromatic heterocycles. The van der Waals surface area contributed by atoms with Crippen LogP contribution in [0.25, 0.3) is 0 Å². The number of hydrogen-bond donors (Lipinski definition) is 3. The third-order valence-electron chi connectivity index (χ3n) is 2.54. The van der Waals surface area contributed by atoms with Gasteiger partial charge in [-0.2, -0.15) is 13.2 Å². The second kappa shape index (κ2) is 9.14. The van der Waals surface area contributed by atoms with Crippen molar-refractivity contribution >= 4 is 35.8 Å². The van der Waals surface area contributed by atoms with Gasteiger partial charge in [0.1, 0.15) is 5.82 Å². The second-order valence-electron chi connectivity index (χ2n) is 5.70. The van der Waals surface area contributed by atoms with E-state index in [-0.39, 0.29) is 41.9 Å². The summed E-state index contributed by atoms with van der Waals surface area (Å²) < 4.78 is 38.4. The molecule has 0 spiro atoms. The maximum absolute atomic E-state index is 12.8. The summed E-state index contributed by atoms with van der Waals surface area (Å²) in [5.41, 5.74) is -0.924. The Kier molecular flexibility index (Phi) is 8.64. The standard InChI is InChI=1S/C14H22F3N5.HI/c1-13(2,3)22-12(18-4)21-9-8-20-11-10(14(15,16)17)6-5-7-19-11;/h5-7H,8-9H2,1-4H3,(H,19,20)(H2,18,21,22);1H. The van der Waals surface area contributed by atoms with Crippen molar-refractivity contribution in [2.24, 2.45) is 4.99 Å². The van der Waals surface area contributed by atoms with Crippen molar-refractivity contribution in [1.29, 1.82) is 0 Å². The summed E-state index contributed by atoms with van der Waals surface area (Å²) in [6.07, 6.45) is -3.10. The molecule has 0 unspecified atom stereocenters. The van der Waals surface area contributed by atoms with E-state index < -0.39 is 11.7 Å². The van der Waals surface area contributed by atoms with E-state index in [1.165, 1.54) is 12.3 Å². The third kappa shape index (κ3) is 8.24. The predicted octanol–water partition coefficient (Wildman–Crippen LogP) is 3.09. The number of alkyl halides is 3. The van der Waals surface area contributed by atoms with Crippen molar-refractivity contribution in [2.75, 3.05) is 25.5 Å². The number of aliphatic imine (C=N–C) groups is 1. The Labute approximate surface area is 151 Å². The van der Waals surface area contributed by atoms with Gasteiger partial charge >= 0.3 is 6.18 Å². The number of aromatic nitrogens is 1. The fourth-order valence-corrected chi connectivity index (χ4v) is 1.67. The Morgan fingerprint density at radius 1 is 1.22 bits per heavy atom. The molecule has 0 radical (unpaired) electrons. The Bertz CT molecular complexity index is 512. The molecule has 1 rings (SSSR count). The summed E-state index contributed by atoms with van der Waals surface area (Å²) >= 11 is 0. The van der Waals surface area contributed by atoms with Crippen LogP contribution in [0.2, 0.25) is 0 Å². The normalized spacial score (nSPS) is 12.4. The molecule has 0 saturated heterocycles. The number of nitrogens with zero attached hydrogens (tertiary/aromatic N) is 2. The average Bonchev–Trinajstić information content (AvgIpc) is 2.40. The fourth-order valence-electron chi connectivity index (χ4n) is 1.67. The van der Waals surface area contributed by atoms with E-state index in [9.17, 15) is 13.2 Å². The van der Waals surface area contributed by atoms with Crippen LogP contribution in [-0.4, -0.2) is 36.6 Å². The van der Waals surface area contributed by atoms with Crippen molar-refractivity contribution in [3.05, 3.63) is 23.9 Å². The van der Waals surface area contributed by atoms with Gasteiger partial charge in [0.15, 0.2) is 5.96 Å². The first-order valence-electron chi connectivity index (χ1n) is 6.88. The summed E-state index contributed by atoms with van der Waals surface area (Å²) in [5.74, 6) is 0.418. The number of guanidine groups is 1. The van der Waals surface area contributed by atoms with Gasteiger partial charge < -0.3 is 16.0 Å². The zero-order chi connectivity index (χ0) is 16.8. The van der Waals surface area contributed by atoms with E-state index in [0.29, 0.717) is 12.5 Å². The minimum absolute atomic E-state index is 0. The minimum atomic E-state index is -4.42.